The first-order valence-corrected chi connectivity index (χ1v) is 6.95. The molecule has 0 radical (unpaired) electrons. The third-order valence-corrected chi connectivity index (χ3v) is 3.75. The summed E-state index contributed by atoms with van der Waals surface area (Å²) in [5.74, 6) is -0.483. The highest BCUT2D eigenvalue weighted by Crippen LogP contribution is 2.25. The van der Waals surface area contributed by atoms with Crippen molar-refractivity contribution in [2.45, 2.75) is 38.3 Å². The predicted molar refractivity (Wildman–Crippen MR) is 73.6 cm³/mol. The first-order chi connectivity index (χ1) is 9.09. The van der Waals surface area contributed by atoms with Crippen molar-refractivity contribution >= 4 is 17.5 Å². The van der Waals surface area contributed by atoms with Gasteiger partial charge >= 0.3 is 0 Å². The zero-order chi connectivity index (χ0) is 13.8. The van der Waals surface area contributed by atoms with Gasteiger partial charge in [-0.25, -0.2) is 4.39 Å². The second-order valence-electron chi connectivity index (χ2n) is 4.87. The molecule has 1 aromatic carbocycles. The second-order valence-corrected chi connectivity index (χ2v) is 5.28. The van der Waals surface area contributed by atoms with Gasteiger partial charge in [-0.15, -0.1) is 0 Å². The maximum absolute atomic E-state index is 13.7. The molecule has 2 atom stereocenters. The zero-order valence-corrected chi connectivity index (χ0v) is 11.6. The van der Waals surface area contributed by atoms with Crippen LogP contribution in [0.2, 0.25) is 5.02 Å². The molecule has 1 amide bonds. The Morgan fingerprint density at radius 1 is 1.53 bits per heavy atom. The summed E-state index contributed by atoms with van der Waals surface area (Å²) in [7, 11) is 0. The zero-order valence-electron chi connectivity index (χ0n) is 10.9. The van der Waals surface area contributed by atoms with E-state index in [0.717, 1.165) is 25.8 Å². The van der Waals surface area contributed by atoms with E-state index in [1.807, 2.05) is 0 Å². The Bertz CT molecular complexity index is 441. The van der Waals surface area contributed by atoms with Crippen molar-refractivity contribution in [3.63, 3.8) is 0 Å². The third-order valence-electron chi connectivity index (χ3n) is 3.42. The molecule has 1 heterocycles. The standard InChI is InChI=1S/C14H18ClFN2O/c1-9(13-10(15)5-4-6-11(13)16)18-14(19)12-7-2-3-8-17-12/h4-6,9,12,17H,2-3,7-8H2,1H3,(H,18,19). The van der Waals surface area contributed by atoms with Crippen molar-refractivity contribution in [1.29, 1.82) is 0 Å². The first-order valence-electron chi connectivity index (χ1n) is 6.57. The number of carbonyl (C=O) groups is 1. The quantitative estimate of drug-likeness (QED) is 0.896. The lowest BCUT2D eigenvalue weighted by atomic mass is 10.0. The summed E-state index contributed by atoms with van der Waals surface area (Å²) in [5.41, 5.74) is 0.341. The number of hydrogen-bond donors (Lipinski definition) is 2. The number of piperidine rings is 1. The SMILES string of the molecule is CC(NC(=O)C1CCCCN1)c1c(F)cccc1Cl. The smallest absolute Gasteiger partial charge is 0.237 e. The molecular formula is C14H18ClFN2O. The van der Waals surface area contributed by atoms with Gasteiger partial charge in [0, 0.05) is 10.6 Å². The Morgan fingerprint density at radius 3 is 2.95 bits per heavy atom. The lowest BCUT2D eigenvalue weighted by Gasteiger charge is -2.25. The molecule has 2 unspecified atom stereocenters. The van der Waals surface area contributed by atoms with E-state index in [9.17, 15) is 9.18 Å². The molecule has 0 saturated carbocycles. The van der Waals surface area contributed by atoms with Crippen LogP contribution < -0.4 is 10.6 Å². The number of halogens is 2. The van der Waals surface area contributed by atoms with Crippen LogP contribution in [-0.4, -0.2) is 18.5 Å². The molecule has 1 aliphatic rings. The van der Waals surface area contributed by atoms with Crippen LogP contribution in [-0.2, 0) is 4.79 Å². The van der Waals surface area contributed by atoms with Gasteiger partial charge in [0.05, 0.1) is 12.1 Å². The highest BCUT2D eigenvalue weighted by molar-refractivity contribution is 6.31. The third kappa shape index (κ3) is 3.45. The van der Waals surface area contributed by atoms with Crippen LogP contribution in [0.5, 0.6) is 0 Å². The molecular weight excluding hydrogens is 267 g/mol. The van der Waals surface area contributed by atoms with Gasteiger partial charge in [-0.1, -0.05) is 24.1 Å². The van der Waals surface area contributed by atoms with E-state index in [1.54, 1.807) is 19.1 Å². The molecule has 0 aromatic heterocycles. The van der Waals surface area contributed by atoms with Gasteiger partial charge in [-0.05, 0) is 38.4 Å². The van der Waals surface area contributed by atoms with Crippen LogP contribution in [0.1, 0.15) is 37.8 Å². The highest BCUT2D eigenvalue weighted by atomic mass is 35.5. The maximum Gasteiger partial charge on any atom is 0.237 e. The molecule has 2 rings (SSSR count). The molecule has 3 nitrogen and oxygen atoms in total. The van der Waals surface area contributed by atoms with Crippen LogP contribution in [0.25, 0.3) is 0 Å². The van der Waals surface area contributed by atoms with E-state index >= 15 is 0 Å². The summed E-state index contributed by atoms with van der Waals surface area (Å²) in [4.78, 5) is 12.1. The fourth-order valence-corrected chi connectivity index (χ4v) is 2.71. The molecule has 1 fully saturated rings. The summed E-state index contributed by atoms with van der Waals surface area (Å²) in [5, 5.41) is 6.33. The van der Waals surface area contributed by atoms with Gasteiger partial charge in [0.25, 0.3) is 0 Å². The van der Waals surface area contributed by atoms with Crippen LogP contribution >= 0.6 is 11.6 Å². The van der Waals surface area contributed by atoms with E-state index < -0.39 is 11.9 Å². The fourth-order valence-electron chi connectivity index (χ4n) is 2.39. The van der Waals surface area contributed by atoms with E-state index in [-0.39, 0.29) is 11.9 Å². The minimum atomic E-state index is -0.440. The molecule has 0 spiro atoms. The topological polar surface area (TPSA) is 41.1 Å². The molecule has 1 aromatic rings. The van der Waals surface area contributed by atoms with Crippen LogP contribution in [0.15, 0.2) is 18.2 Å². The van der Waals surface area contributed by atoms with Gasteiger partial charge in [-0.2, -0.15) is 0 Å². The number of benzene rings is 1. The van der Waals surface area contributed by atoms with E-state index in [0.29, 0.717) is 10.6 Å². The first kappa shape index (κ1) is 14.3. The molecule has 1 aliphatic heterocycles. The molecule has 1 saturated heterocycles. The van der Waals surface area contributed by atoms with Gasteiger partial charge in [0.1, 0.15) is 5.82 Å². The lowest BCUT2D eigenvalue weighted by molar-refractivity contribution is -0.124. The molecule has 0 aliphatic carbocycles. The lowest BCUT2D eigenvalue weighted by Crippen LogP contribution is -2.47. The minimum Gasteiger partial charge on any atom is -0.348 e. The number of rotatable bonds is 3. The average Bonchev–Trinajstić information content (AvgIpc) is 2.39. The van der Waals surface area contributed by atoms with Crippen molar-refractivity contribution in [2.24, 2.45) is 0 Å². The van der Waals surface area contributed by atoms with Crippen LogP contribution in [0, 0.1) is 5.82 Å². The molecule has 0 bridgehead atoms. The normalized spacial score (nSPS) is 20.9. The fraction of sp³-hybridized carbons (Fsp3) is 0.500. The number of hydrogen-bond acceptors (Lipinski definition) is 2. The summed E-state index contributed by atoms with van der Waals surface area (Å²) in [6.45, 7) is 2.60. The molecule has 104 valence electrons. The Hall–Kier alpha value is -1.13. The van der Waals surface area contributed by atoms with E-state index in [2.05, 4.69) is 10.6 Å². The molecule has 5 heteroatoms. The Balaban J connectivity index is 2.04. The Morgan fingerprint density at radius 2 is 2.32 bits per heavy atom. The summed E-state index contributed by atoms with van der Waals surface area (Å²) in [6, 6.07) is 3.91. The Kier molecular flexibility index (Phi) is 4.77. The van der Waals surface area contributed by atoms with E-state index in [4.69, 9.17) is 11.6 Å². The van der Waals surface area contributed by atoms with E-state index in [1.165, 1.54) is 6.07 Å². The van der Waals surface area contributed by atoms with Gasteiger partial charge in [0.15, 0.2) is 0 Å². The predicted octanol–water partition coefficient (Wildman–Crippen LogP) is 2.80. The van der Waals surface area contributed by atoms with Gasteiger partial charge in [-0.3, -0.25) is 4.79 Å². The number of carbonyl (C=O) groups excluding carboxylic acids is 1. The second kappa shape index (κ2) is 6.35. The Labute approximate surface area is 117 Å². The highest BCUT2D eigenvalue weighted by Gasteiger charge is 2.23. The molecule has 2 N–H and O–H groups in total. The van der Waals surface area contributed by atoms with Crippen LogP contribution in [0.4, 0.5) is 4.39 Å². The summed E-state index contributed by atoms with van der Waals surface area (Å²) < 4.78 is 13.7. The summed E-state index contributed by atoms with van der Waals surface area (Å²) in [6.07, 6.45) is 2.96. The summed E-state index contributed by atoms with van der Waals surface area (Å²) >= 11 is 5.99. The number of nitrogens with one attached hydrogen (secondary N) is 2. The van der Waals surface area contributed by atoms with Gasteiger partial charge < -0.3 is 10.6 Å². The largest absolute Gasteiger partial charge is 0.348 e. The van der Waals surface area contributed by atoms with Crippen molar-refractivity contribution in [3.05, 3.63) is 34.6 Å². The number of amides is 1. The molecule has 19 heavy (non-hydrogen) atoms. The van der Waals surface area contributed by atoms with Crippen molar-refractivity contribution in [1.82, 2.24) is 10.6 Å². The van der Waals surface area contributed by atoms with Gasteiger partial charge in [0.2, 0.25) is 5.91 Å². The maximum atomic E-state index is 13.7. The monoisotopic (exact) mass is 284 g/mol. The van der Waals surface area contributed by atoms with Crippen molar-refractivity contribution in [3.8, 4) is 0 Å². The van der Waals surface area contributed by atoms with Crippen LogP contribution in [0.3, 0.4) is 0 Å². The van der Waals surface area contributed by atoms with Crippen molar-refractivity contribution in [2.75, 3.05) is 6.54 Å². The minimum absolute atomic E-state index is 0.0912. The average molecular weight is 285 g/mol. The van der Waals surface area contributed by atoms with Crippen molar-refractivity contribution < 1.29 is 9.18 Å².